The van der Waals surface area contributed by atoms with E-state index in [-0.39, 0.29) is 5.82 Å². The fraction of sp³-hybridized carbons (Fsp3) is 0.333. The molecular formula is C27H29FN6O. The zero-order valence-electron chi connectivity index (χ0n) is 20.2. The van der Waals surface area contributed by atoms with E-state index in [1.807, 2.05) is 38.2 Å². The summed E-state index contributed by atoms with van der Waals surface area (Å²) in [5.41, 5.74) is 7.21. The molecular weight excluding hydrogens is 443 g/mol. The lowest BCUT2D eigenvalue weighted by Crippen LogP contribution is -2.56. The highest BCUT2D eigenvalue weighted by Crippen LogP contribution is 2.39. The summed E-state index contributed by atoms with van der Waals surface area (Å²) in [5.74, 6) is 0.605. The van der Waals surface area contributed by atoms with Crippen molar-refractivity contribution < 1.29 is 9.13 Å². The Bertz CT molecular complexity index is 1390. The van der Waals surface area contributed by atoms with Crippen LogP contribution in [0.1, 0.15) is 11.1 Å². The number of piperazine rings is 1. The van der Waals surface area contributed by atoms with E-state index in [9.17, 15) is 0 Å². The second-order valence-electron chi connectivity index (χ2n) is 9.57. The summed E-state index contributed by atoms with van der Waals surface area (Å²) >= 11 is 0. The second-order valence-corrected chi connectivity index (χ2v) is 9.57. The van der Waals surface area contributed by atoms with Gasteiger partial charge in [-0.3, -0.25) is 5.10 Å². The number of hydrogen-bond donors (Lipinski definition) is 2. The first-order valence-corrected chi connectivity index (χ1v) is 12.0. The number of hydrogen-bond acceptors (Lipinski definition) is 6. The quantitative estimate of drug-likeness (QED) is 0.469. The smallest absolute Gasteiger partial charge is 0.143 e. The maximum atomic E-state index is 15.1. The Morgan fingerprint density at radius 3 is 2.89 bits per heavy atom. The van der Waals surface area contributed by atoms with E-state index in [1.54, 1.807) is 6.07 Å². The first-order chi connectivity index (χ1) is 17.0. The average Bonchev–Trinajstić information content (AvgIpc) is 3.26. The van der Waals surface area contributed by atoms with Gasteiger partial charge >= 0.3 is 0 Å². The Morgan fingerprint density at radius 2 is 2.06 bits per heavy atom. The number of ether oxygens (including phenoxy) is 1. The van der Waals surface area contributed by atoms with Gasteiger partial charge in [0.15, 0.2) is 0 Å². The molecule has 7 nitrogen and oxygen atoms in total. The van der Waals surface area contributed by atoms with Gasteiger partial charge in [0.2, 0.25) is 0 Å². The largest absolute Gasteiger partial charge is 0.489 e. The highest BCUT2D eigenvalue weighted by molar-refractivity contribution is 5.92. The van der Waals surface area contributed by atoms with Crippen LogP contribution in [0.5, 0.6) is 5.75 Å². The Labute approximate surface area is 203 Å². The molecule has 0 spiro atoms. The molecule has 2 aromatic carbocycles. The summed E-state index contributed by atoms with van der Waals surface area (Å²) in [6, 6.07) is 14.0. The fourth-order valence-electron chi connectivity index (χ4n) is 5.36. The molecule has 1 atom stereocenters. The van der Waals surface area contributed by atoms with Gasteiger partial charge in [0, 0.05) is 37.3 Å². The van der Waals surface area contributed by atoms with Crippen molar-refractivity contribution in [2.75, 3.05) is 45.2 Å². The number of likely N-dealkylation sites (N-methyl/N-ethyl adjacent to an activating group) is 1. The number of aromatic nitrogens is 3. The van der Waals surface area contributed by atoms with Crippen LogP contribution in [0.2, 0.25) is 0 Å². The standard InChI is InChI=1S/C27H29FN6O/c1-16-10-17(13-29-2)11-20(28)25(16)21-5-6-22-27(30-21)26(32-31-22)18-4-7-23-24(12-18)35-15-19-14-33(3)8-9-34(19)23/h4-7,10-12,19,29H,8-9,13-15H2,1-3H3,(H,31,32). The maximum Gasteiger partial charge on any atom is 0.143 e. The summed E-state index contributed by atoms with van der Waals surface area (Å²) in [6.45, 7) is 6.25. The molecule has 0 bridgehead atoms. The number of aryl methyl sites for hydroxylation is 1. The van der Waals surface area contributed by atoms with Crippen LogP contribution in [0.3, 0.4) is 0 Å². The first-order valence-electron chi connectivity index (χ1n) is 12.0. The van der Waals surface area contributed by atoms with E-state index in [2.05, 4.69) is 44.5 Å². The number of nitrogens with one attached hydrogen (secondary N) is 2. The Balaban J connectivity index is 1.38. The lowest BCUT2D eigenvalue weighted by atomic mass is 10.0. The third-order valence-electron chi connectivity index (χ3n) is 7.05. The van der Waals surface area contributed by atoms with Crippen LogP contribution < -0.4 is 15.0 Å². The van der Waals surface area contributed by atoms with Crippen LogP contribution in [-0.2, 0) is 6.54 Å². The molecule has 1 fully saturated rings. The van der Waals surface area contributed by atoms with Gasteiger partial charge < -0.3 is 19.9 Å². The lowest BCUT2D eigenvalue weighted by Gasteiger charge is -2.44. The number of anilines is 1. The third-order valence-corrected chi connectivity index (χ3v) is 7.05. The number of benzene rings is 2. The van der Waals surface area contributed by atoms with Crippen molar-refractivity contribution in [3.8, 4) is 28.3 Å². The lowest BCUT2D eigenvalue weighted by molar-refractivity contribution is 0.188. The Morgan fingerprint density at radius 1 is 1.17 bits per heavy atom. The van der Waals surface area contributed by atoms with Crippen LogP contribution in [0, 0.1) is 12.7 Å². The zero-order valence-corrected chi connectivity index (χ0v) is 20.2. The molecule has 2 aliphatic rings. The van der Waals surface area contributed by atoms with Crippen LogP contribution in [-0.4, -0.2) is 66.5 Å². The molecule has 6 rings (SSSR count). The molecule has 0 radical (unpaired) electrons. The molecule has 0 amide bonds. The molecule has 2 aromatic heterocycles. The minimum absolute atomic E-state index is 0.268. The molecule has 2 aliphatic heterocycles. The number of rotatable bonds is 4. The van der Waals surface area contributed by atoms with Gasteiger partial charge in [-0.2, -0.15) is 5.10 Å². The Hall–Kier alpha value is -3.49. The van der Waals surface area contributed by atoms with E-state index >= 15 is 4.39 Å². The van der Waals surface area contributed by atoms with Crippen molar-refractivity contribution in [1.82, 2.24) is 25.4 Å². The normalized spacial score (nSPS) is 17.8. The number of aromatic amines is 1. The summed E-state index contributed by atoms with van der Waals surface area (Å²) < 4.78 is 21.3. The zero-order chi connectivity index (χ0) is 24.1. The number of nitrogens with zero attached hydrogens (tertiary/aromatic N) is 4. The van der Waals surface area contributed by atoms with Gasteiger partial charge in [0.1, 0.15) is 29.4 Å². The predicted octanol–water partition coefficient (Wildman–Crippen LogP) is 3.97. The maximum absolute atomic E-state index is 15.1. The molecule has 1 saturated heterocycles. The molecule has 4 aromatic rings. The van der Waals surface area contributed by atoms with Crippen molar-refractivity contribution in [3.05, 3.63) is 59.4 Å². The molecule has 4 heterocycles. The van der Waals surface area contributed by atoms with E-state index in [0.717, 1.165) is 59.0 Å². The number of pyridine rings is 1. The molecule has 2 N–H and O–H groups in total. The van der Waals surface area contributed by atoms with Gasteiger partial charge in [-0.25, -0.2) is 9.37 Å². The monoisotopic (exact) mass is 472 g/mol. The second kappa shape index (κ2) is 8.62. The summed E-state index contributed by atoms with van der Waals surface area (Å²) in [6.07, 6.45) is 0. The minimum atomic E-state index is -0.268. The van der Waals surface area contributed by atoms with E-state index < -0.39 is 0 Å². The van der Waals surface area contributed by atoms with E-state index in [1.165, 1.54) is 0 Å². The van der Waals surface area contributed by atoms with Gasteiger partial charge in [-0.15, -0.1) is 0 Å². The molecule has 180 valence electrons. The minimum Gasteiger partial charge on any atom is -0.489 e. The van der Waals surface area contributed by atoms with Crippen LogP contribution >= 0.6 is 0 Å². The molecule has 0 aliphatic carbocycles. The van der Waals surface area contributed by atoms with Gasteiger partial charge in [-0.1, -0.05) is 12.1 Å². The van der Waals surface area contributed by atoms with Crippen LogP contribution in [0.15, 0.2) is 42.5 Å². The van der Waals surface area contributed by atoms with Crippen molar-refractivity contribution >= 4 is 16.7 Å². The highest BCUT2D eigenvalue weighted by atomic mass is 19.1. The average molecular weight is 473 g/mol. The highest BCUT2D eigenvalue weighted by Gasteiger charge is 2.32. The van der Waals surface area contributed by atoms with Gasteiger partial charge in [0.25, 0.3) is 0 Å². The SMILES string of the molecule is CNCc1cc(C)c(-c2ccc3[nH]nc(-c4ccc5c(c4)OCC4CN(C)CCN54)c3n2)c(F)c1. The van der Waals surface area contributed by atoms with E-state index in [0.29, 0.717) is 36.0 Å². The van der Waals surface area contributed by atoms with Crippen LogP contribution in [0.25, 0.3) is 33.5 Å². The van der Waals surface area contributed by atoms with Crippen molar-refractivity contribution in [2.24, 2.45) is 0 Å². The van der Waals surface area contributed by atoms with E-state index in [4.69, 9.17) is 9.72 Å². The predicted molar refractivity (Wildman–Crippen MR) is 136 cm³/mol. The van der Waals surface area contributed by atoms with Crippen molar-refractivity contribution in [3.63, 3.8) is 0 Å². The number of halogens is 1. The van der Waals surface area contributed by atoms with Crippen molar-refractivity contribution in [1.29, 1.82) is 0 Å². The first kappa shape index (κ1) is 22.0. The summed E-state index contributed by atoms with van der Waals surface area (Å²) in [5, 5.41) is 10.7. The number of H-pyrrole nitrogens is 1. The number of fused-ring (bicyclic) bond motifs is 4. The molecule has 35 heavy (non-hydrogen) atoms. The molecule has 1 unspecified atom stereocenters. The van der Waals surface area contributed by atoms with Gasteiger partial charge in [0.05, 0.1) is 22.9 Å². The van der Waals surface area contributed by atoms with Gasteiger partial charge in [-0.05, 0) is 62.5 Å². The summed E-state index contributed by atoms with van der Waals surface area (Å²) in [4.78, 5) is 9.66. The fourth-order valence-corrected chi connectivity index (χ4v) is 5.36. The Kier molecular flexibility index (Phi) is 5.42. The molecule has 0 saturated carbocycles. The van der Waals surface area contributed by atoms with Crippen LogP contribution in [0.4, 0.5) is 10.1 Å². The topological polar surface area (TPSA) is 69.3 Å². The van der Waals surface area contributed by atoms with Crippen molar-refractivity contribution in [2.45, 2.75) is 19.5 Å². The molecule has 8 heteroatoms. The summed E-state index contributed by atoms with van der Waals surface area (Å²) in [7, 11) is 4.01. The third kappa shape index (κ3) is 3.83.